The first-order valence-electron chi connectivity index (χ1n) is 12.5. The van der Waals surface area contributed by atoms with Crippen molar-refractivity contribution < 1.29 is 17.9 Å². The lowest BCUT2D eigenvalue weighted by Crippen LogP contribution is -2.30. The fourth-order valence-electron chi connectivity index (χ4n) is 5.13. The molecule has 3 aromatic rings. The lowest BCUT2D eigenvalue weighted by Gasteiger charge is -2.31. The molecule has 1 aliphatic carbocycles. The van der Waals surface area contributed by atoms with Crippen molar-refractivity contribution in [1.82, 2.24) is 14.9 Å². The Hall–Kier alpha value is -2.59. The van der Waals surface area contributed by atoms with Gasteiger partial charge < -0.3 is 20.7 Å². The minimum Gasteiger partial charge on any atom is -0.405 e. The van der Waals surface area contributed by atoms with Gasteiger partial charge in [0.2, 0.25) is 5.95 Å². The summed E-state index contributed by atoms with van der Waals surface area (Å²) >= 11 is 3.22. The first-order chi connectivity index (χ1) is 17.5. The Morgan fingerprint density at radius 3 is 2.49 bits per heavy atom. The van der Waals surface area contributed by atoms with E-state index >= 15 is 0 Å². The van der Waals surface area contributed by atoms with Gasteiger partial charge in [0.05, 0.1) is 5.52 Å². The summed E-state index contributed by atoms with van der Waals surface area (Å²) in [6.07, 6.45) is -0.423. The zero-order chi connectivity index (χ0) is 26.7. The molecule has 3 N–H and O–H groups in total. The summed E-state index contributed by atoms with van der Waals surface area (Å²) in [6, 6.07) is 8.81. The van der Waals surface area contributed by atoms with Crippen LogP contribution in [0.1, 0.15) is 42.4 Å². The minimum atomic E-state index is -4.72. The molecule has 1 aliphatic rings. The third kappa shape index (κ3) is 7.25. The lowest BCUT2D eigenvalue weighted by molar-refractivity contribution is -0.275. The van der Waals surface area contributed by atoms with Gasteiger partial charge in [0, 0.05) is 35.1 Å². The number of nitrogens with two attached hydrogens (primary N) is 1. The van der Waals surface area contributed by atoms with Crippen LogP contribution >= 0.6 is 15.9 Å². The molecule has 0 bridgehead atoms. The van der Waals surface area contributed by atoms with Crippen LogP contribution in [0.4, 0.5) is 24.9 Å². The number of ether oxygens (including phenoxy) is 1. The monoisotopic (exact) mass is 579 g/mol. The third-order valence-electron chi connectivity index (χ3n) is 7.20. The molecule has 6 nitrogen and oxygen atoms in total. The smallest absolute Gasteiger partial charge is 0.405 e. The van der Waals surface area contributed by atoms with E-state index in [-0.39, 0.29) is 5.75 Å². The number of alkyl halides is 3. The van der Waals surface area contributed by atoms with Crippen molar-refractivity contribution >= 4 is 38.6 Å². The lowest BCUT2D eigenvalue weighted by atomic mass is 9.81. The fraction of sp³-hybridized carbons (Fsp3) is 0.481. The summed E-state index contributed by atoms with van der Waals surface area (Å²) < 4.78 is 43.2. The van der Waals surface area contributed by atoms with Crippen LogP contribution < -0.4 is 15.8 Å². The van der Waals surface area contributed by atoms with Gasteiger partial charge in [-0.25, -0.2) is 4.98 Å². The van der Waals surface area contributed by atoms with Gasteiger partial charge >= 0.3 is 6.36 Å². The van der Waals surface area contributed by atoms with Gasteiger partial charge in [0.15, 0.2) is 0 Å². The molecule has 0 atom stereocenters. The van der Waals surface area contributed by atoms with Crippen LogP contribution in [-0.2, 0) is 6.54 Å². The van der Waals surface area contributed by atoms with Gasteiger partial charge in [-0.2, -0.15) is 4.98 Å². The number of anilines is 2. The SMILES string of the molecule is Cc1ccc2nc(NCC3CCC(CN(C)Cc4ccc(Br)cc4OC(F)(F)F)CC3)nc(N)c2c1C. The number of rotatable bonds is 8. The Balaban J connectivity index is 1.27. The summed E-state index contributed by atoms with van der Waals surface area (Å²) in [5.74, 6) is 1.91. The molecular formula is C27H33BrF3N5O. The highest BCUT2D eigenvalue weighted by Crippen LogP contribution is 2.33. The average Bonchev–Trinajstić information content (AvgIpc) is 2.81. The number of nitrogens with one attached hydrogen (secondary N) is 1. The molecule has 0 spiro atoms. The van der Waals surface area contributed by atoms with E-state index in [1.807, 2.05) is 26.1 Å². The molecule has 1 aromatic heterocycles. The number of halogens is 4. The summed E-state index contributed by atoms with van der Waals surface area (Å²) in [5.41, 5.74) is 9.87. The van der Waals surface area contributed by atoms with Gasteiger partial charge in [-0.1, -0.05) is 28.1 Å². The maximum atomic E-state index is 12.8. The number of benzene rings is 2. The van der Waals surface area contributed by atoms with Crippen LogP contribution in [0, 0.1) is 25.7 Å². The van der Waals surface area contributed by atoms with E-state index in [0.29, 0.717) is 40.2 Å². The number of hydrogen-bond donors (Lipinski definition) is 2. The van der Waals surface area contributed by atoms with E-state index in [1.165, 1.54) is 6.07 Å². The molecule has 10 heteroatoms. The molecule has 0 radical (unpaired) electrons. The highest BCUT2D eigenvalue weighted by Gasteiger charge is 2.32. The van der Waals surface area contributed by atoms with E-state index in [1.54, 1.807) is 12.1 Å². The quantitative estimate of drug-likeness (QED) is 0.304. The number of aryl methyl sites for hydroxylation is 2. The second-order valence-electron chi connectivity index (χ2n) is 10.1. The van der Waals surface area contributed by atoms with E-state index in [2.05, 4.69) is 47.8 Å². The van der Waals surface area contributed by atoms with Crippen molar-refractivity contribution in [1.29, 1.82) is 0 Å². The van der Waals surface area contributed by atoms with Crippen molar-refractivity contribution in [3.63, 3.8) is 0 Å². The largest absolute Gasteiger partial charge is 0.573 e. The highest BCUT2D eigenvalue weighted by atomic mass is 79.9. The van der Waals surface area contributed by atoms with Crippen molar-refractivity contribution in [2.45, 2.75) is 52.4 Å². The molecule has 1 fully saturated rings. The van der Waals surface area contributed by atoms with Crippen LogP contribution in [-0.4, -0.2) is 41.4 Å². The minimum absolute atomic E-state index is 0.162. The molecular weight excluding hydrogens is 547 g/mol. The Morgan fingerprint density at radius 1 is 1.08 bits per heavy atom. The maximum Gasteiger partial charge on any atom is 0.573 e. The zero-order valence-corrected chi connectivity index (χ0v) is 22.9. The molecule has 0 amide bonds. The van der Waals surface area contributed by atoms with E-state index in [9.17, 15) is 13.2 Å². The van der Waals surface area contributed by atoms with Crippen LogP contribution in [0.5, 0.6) is 5.75 Å². The van der Waals surface area contributed by atoms with Crippen LogP contribution in [0.25, 0.3) is 10.9 Å². The predicted octanol–water partition coefficient (Wildman–Crippen LogP) is 6.84. The van der Waals surface area contributed by atoms with Gasteiger partial charge in [-0.3, -0.25) is 0 Å². The fourth-order valence-corrected chi connectivity index (χ4v) is 5.47. The molecule has 200 valence electrons. The standard InChI is InChI=1S/C27H33BrF3N5O/c1-16-4-11-22-24(17(16)2)25(32)35-26(34-22)33-13-18-5-7-19(8-6-18)14-36(3)15-20-9-10-21(28)12-23(20)37-27(29,30)31/h4,9-12,18-19H,5-8,13-15H2,1-3H3,(H3,32,33,34,35). The first-order valence-corrected chi connectivity index (χ1v) is 13.3. The molecule has 4 rings (SSSR count). The number of nitrogen functional groups attached to an aromatic ring is 1. The van der Waals surface area contributed by atoms with E-state index < -0.39 is 6.36 Å². The summed E-state index contributed by atoms with van der Waals surface area (Å²) in [7, 11) is 1.94. The van der Waals surface area contributed by atoms with Crippen molar-refractivity contribution in [3.8, 4) is 5.75 Å². The Morgan fingerprint density at radius 2 is 1.78 bits per heavy atom. The Labute approximate surface area is 223 Å². The van der Waals surface area contributed by atoms with Crippen LogP contribution in [0.3, 0.4) is 0 Å². The average molecular weight is 580 g/mol. The third-order valence-corrected chi connectivity index (χ3v) is 7.70. The van der Waals surface area contributed by atoms with Crippen LogP contribution in [0.2, 0.25) is 0 Å². The van der Waals surface area contributed by atoms with Crippen molar-refractivity contribution in [2.75, 3.05) is 31.2 Å². The van der Waals surface area contributed by atoms with Gasteiger partial charge in [0.25, 0.3) is 0 Å². The van der Waals surface area contributed by atoms with Gasteiger partial charge in [0.1, 0.15) is 11.6 Å². The van der Waals surface area contributed by atoms with Crippen molar-refractivity contribution in [3.05, 3.63) is 51.5 Å². The number of aromatic nitrogens is 2. The summed E-state index contributed by atoms with van der Waals surface area (Å²) in [5, 5.41) is 4.29. The second-order valence-corrected chi connectivity index (χ2v) is 11.0. The molecule has 0 unspecified atom stereocenters. The Bertz CT molecular complexity index is 1240. The first kappa shape index (κ1) is 27.4. The maximum absolute atomic E-state index is 12.8. The zero-order valence-electron chi connectivity index (χ0n) is 21.3. The number of nitrogens with zero attached hydrogens (tertiary/aromatic N) is 3. The Kier molecular flexibility index (Phi) is 8.48. The summed E-state index contributed by atoms with van der Waals surface area (Å²) in [6.45, 7) is 6.09. The number of hydrogen-bond acceptors (Lipinski definition) is 6. The molecule has 0 saturated heterocycles. The molecule has 1 saturated carbocycles. The highest BCUT2D eigenvalue weighted by molar-refractivity contribution is 9.10. The second kappa shape index (κ2) is 11.4. The van der Waals surface area contributed by atoms with Gasteiger partial charge in [-0.05, 0) is 87.7 Å². The predicted molar refractivity (Wildman–Crippen MR) is 145 cm³/mol. The summed E-state index contributed by atoms with van der Waals surface area (Å²) in [4.78, 5) is 11.2. The number of fused-ring (bicyclic) bond motifs is 1. The molecule has 2 aromatic carbocycles. The molecule has 1 heterocycles. The van der Waals surface area contributed by atoms with E-state index in [0.717, 1.165) is 60.8 Å². The van der Waals surface area contributed by atoms with Gasteiger partial charge in [-0.15, -0.1) is 13.2 Å². The van der Waals surface area contributed by atoms with Crippen LogP contribution in [0.15, 0.2) is 34.8 Å². The molecule has 0 aliphatic heterocycles. The normalized spacial score (nSPS) is 18.4. The molecule has 37 heavy (non-hydrogen) atoms. The van der Waals surface area contributed by atoms with E-state index in [4.69, 9.17) is 5.73 Å². The van der Waals surface area contributed by atoms with Crippen molar-refractivity contribution in [2.24, 2.45) is 11.8 Å². The topological polar surface area (TPSA) is 76.3 Å².